The van der Waals surface area contributed by atoms with Crippen LogP contribution in [0.15, 0.2) is 24.9 Å². The smallest absolute Gasteiger partial charge is 0.211 e. The molecule has 18 heavy (non-hydrogen) atoms. The molecule has 2 nitrogen and oxygen atoms in total. The molecule has 0 spiro atoms. The maximum Gasteiger partial charge on any atom is 0.211 e. The molecule has 0 aromatic rings. The van der Waals surface area contributed by atoms with Gasteiger partial charge in [-0.2, -0.15) is 6.42 Å². The fraction of sp³-hybridized carbons (Fsp3) is 0.600. The number of carbonyl (C=O) groups excluding carboxylic acids is 1. The Balaban J connectivity index is 0.00000289. The first-order valence-corrected chi connectivity index (χ1v) is 6.13. The van der Waals surface area contributed by atoms with E-state index in [0.29, 0.717) is 6.42 Å². The number of nitrogens with zero attached hydrogens (tertiary/aromatic N) is 1. The van der Waals surface area contributed by atoms with E-state index in [4.69, 9.17) is 0 Å². The van der Waals surface area contributed by atoms with Gasteiger partial charge in [0.25, 0.3) is 0 Å². The Kier molecular flexibility index (Phi) is 6.36. The molecule has 0 bridgehead atoms. The van der Waals surface area contributed by atoms with Crippen LogP contribution in [-0.2, 0) is 37.5 Å². The normalized spacial score (nSPS) is 16.3. The predicted octanol–water partition coefficient (Wildman–Crippen LogP) is 3.56. The molecule has 1 aliphatic heterocycles. The molecule has 0 N–H and O–H groups in total. The molecule has 1 rings (SSSR count). The second-order valence-electron chi connectivity index (χ2n) is 6.41. The summed E-state index contributed by atoms with van der Waals surface area (Å²) in [6.45, 7) is 17.3. The van der Waals surface area contributed by atoms with Crippen LogP contribution in [0.25, 0.3) is 0 Å². The Morgan fingerprint density at radius 2 is 1.94 bits per heavy atom. The molecule has 1 fully saturated rings. The summed E-state index contributed by atoms with van der Waals surface area (Å²) >= 11 is 0. The van der Waals surface area contributed by atoms with E-state index >= 15 is 0 Å². The first-order valence-electron chi connectivity index (χ1n) is 6.13. The Hall–Kier alpha value is -0.0761. The van der Waals surface area contributed by atoms with Gasteiger partial charge >= 0.3 is 0 Å². The van der Waals surface area contributed by atoms with Crippen molar-refractivity contribution in [1.82, 2.24) is 4.90 Å². The van der Waals surface area contributed by atoms with Crippen molar-refractivity contribution in [3.05, 3.63) is 31.4 Å². The maximum absolute atomic E-state index is 11.7. The number of hydrogen-bond acceptors (Lipinski definition) is 1. The third-order valence-electron chi connectivity index (χ3n) is 3.23. The van der Waals surface area contributed by atoms with Gasteiger partial charge in [0.05, 0.1) is 0 Å². The summed E-state index contributed by atoms with van der Waals surface area (Å²) in [5.41, 5.74) is 1.01. The van der Waals surface area contributed by atoms with Crippen molar-refractivity contribution in [2.75, 3.05) is 6.54 Å². The molecular formula is C15H24NOY-. The minimum atomic E-state index is 0. The average molecular weight is 323 g/mol. The van der Waals surface area contributed by atoms with Gasteiger partial charge in [-0.1, -0.05) is 33.8 Å². The number of rotatable bonds is 5. The van der Waals surface area contributed by atoms with Crippen molar-refractivity contribution in [2.45, 2.75) is 40.5 Å². The second kappa shape index (κ2) is 6.39. The number of likely N-dealkylation sites (tertiary alicyclic amines) is 1. The number of hydrogen-bond donors (Lipinski definition) is 0. The minimum absolute atomic E-state index is 0. The van der Waals surface area contributed by atoms with Crippen molar-refractivity contribution in [3.63, 3.8) is 0 Å². The van der Waals surface area contributed by atoms with Crippen LogP contribution in [0.3, 0.4) is 0 Å². The summed E-state index contributed by atoms with van der Waals surface area (Å²) in [5, 5.41) is 0. The zero-order valence-corrected chi connectivity index (χ0v) is 15.0. The van der Waals surface area contributed by atoms with Gasteiger partial charge in [-0.05, 0) is 23.7 Å². The van der Waals surface area contributed by atoms with Crippen LogP contribution in [0.1, 0.15) is 40.5 Å². The zero-order chi connectivity index (χ0) is 13.3. The standard InChI is InChI=1S/C15H24NO.Y/c1-7-14(3,4)10-15(5,6)11-16-12(2)8-9-13(16)17;/h7-8H,1-2,9-11H2,3-6H3;/q-1;. The number of allylic oxidation sites excluding steroid dienone is 2. The fourth-order valence-electron chi connectivity index (χ4n) is 2.56. The molecule has 1 heterocycles. The van der Waals surface area contributed by atoms with Crippen molar-refractivity contribution in [1.29, 1.82) is 0 Å². The fourth-order valence-corrected chi connectivity index (χ4v) is 2.56. The number of amides is 1. The van der Waals surface area contributed by atoms with Gasteiger partial charge < -0.3 is 4.90 Å². The van der Waals surface area contributed by atoms with Crippen LogP contribution in [0, 0.1) is 17.3 Å². The summed E-state index contributed by atoms with van der Waals surface area (Å²) in [5.74, 6) is 0.166. The van der Waals surface area contributed by atoms with Gasteiger partial charge in [-0.15, -0.1) is 12.3 Å². The Morgan fingerprint density at radius 3 is 2.33 bits per heavy atom. The largest absolute Gasteiger partial charge is 0.348 e. The van der Waals surface area contributed by atoms with E-state index in [2.05, 4.69) is 40.9 Å². The number of carbonyl (C=O) groups is 1. The molecule has 0 aromatic carbocycles. The quantitative estimate of drug-likeness (QED) is 0.559. The van der Waals surface area contributed by atoms with E-state index in [9.17, 15) is 4.79 Å². The Bertz CT molecular complexity index is 328. The van der Waals surface area contributed by atoms with E-state index in [1.807, 2.05) is 12.5 Å². The van der Waals surface area contributed by atoms with Crippen molar-refractivity contribution >= 4 is 5.91 Å². The van der Waals surface area contributed by atoms with Crippen LogP contribution in [0.4, 0.5) is 0 Å². The van der Waals surface area contributed by atoms with Gasteiger partial charge in [-0.25, -0.2) is 6.58 Å². The Labute approximate surface area is 137 Å². The summed E-state index contributed by atoms with van der Waals surface area (Å²) in [6.07, 6.45) is 5.39. The maximum atomic E-state index is 11.7. The topological polar surface area (TPSA) is 20.3 Å². The third-order valence-corrected chi connectivity index (χ3v) is 3.23. The first-order chi connectivity index (χ1) is 7.67. The first kappa shape index (κ1) is 17.9. The van der Waals surface area contributed by atoms with Crippen LogP contribution in [0.2, 0.25) is 0 Å². The monoisotopic (exact) mass is 323 g/mol. The van der Waals surface area contributed by atoms with Gasteiger partial charge in [0.15, 0.2) is 0 Å². The van der Waals surface area contributed by atoms with Gasteiger partial charge in [-0.3, -0.25) is 4.79 Å². The molecule has 1 saturated heterocycles. The van der Waals surface area contributed by atoms with Gasteiger partial charge in [0, 0.05) is 39.3 Å². The molecule has 0 aromatic heterocycles. The summed E-state index contributed by atoms with van der Waals surface area (Å²) in [4.78, 5) is 13.5. The Morgan fingerprint density at radius 1 is 1.39 bits per heavy atom. The van der Waals surface area contributed by atoms with E-state index < -0.39 is 0 Å². The molecule has 1 aliphatic rings. The second-order valence-corrected chi connectivity index (χ2v) is 6.41. The predicted molar refractivity (Wildman–Crippen MR) is 72.1 cm³/mol. The summed E-state index contributed by atoms with van der Waals surface area (Å²) in [7, 11) is 0. The molecular weight excluding hydrogens is 299 g/mol. The van der Waals surface area contributed by atoms with Crippen molar-refractivity contribution in [3.8, 4) is 0 Å². The summed E-state index contributed by atoms with van der Waals surface area (Å²) in [6, 6.07) is 0. The zero-order valence-electron chi connectivity index (χ0n) is 12.1. The molecule has 0 aliphatic carbocycles. The summed E-state index contributed by atoms with van der Waals surface area (Å²) < 4.78 is 0. The van der Waals surface area contributed by atoms with Crippen LogP contribution in [-0.4, -0.2) is 17.4 Å². The van der Waals surface area contributed by atoms with Gasteiger partial charge in [0.2, 0.25) is 5.91 Å². The molecule has 3 heteroatoms. The minimum Gasteiger partial charge on any atom is -0.348 e. The molecule has 0 unspecified atom stereocenters. The van der Waals surface area contributed by atoms with E-state index in [1.165, 1.54) is 0 Å². The molecule has 1 amide bonds. The van der Waals surface area contributed by atoms with Crippen LogP contribution < -0.4 is 0 Å². The van der Waals surface area contributed by atoms with Crippen molar-refractivity contribution in [2.24, 2.45) is 10.8 Å². The molecule has 99 valence electrons. The SMILES string of the molecule is C=CC(C)(C)CC(C)(C)CN1C(=C)[CH-]CC1=O.[Y]. The molecule has 0 saturated carbocycles. The molecule has 0 atom stereocenters. The van der Waals surface area contributed by atoms with Crippen LogP contribution in [0.5, 0.6) is 0 Å². The van der Waals surface area contributed by atoms with Crippen molar-refractivity contribution < 1.29 is 37.5 Å². The van der Waals surface area contributed by atoms with E-state index in [0.717, 1.165) is 18.7 Å². The van der Waals surface area contributed by atoms with E-state index in [1.54, 1.807) is 4.90 Å². The molecule has 1 radical (unpaired) electrons. The van der Waals surface area contributed by atoms with Gasteiger partial charge in [0.1, 0.15) is 0 Å². The van der Waals surface area contributed by atoms with E-state index in [-0.39, 0.29) is 49.4 Å². The third kappa shape index (κ3) is 4.89. The van der Waals surface area contributed by atoms with Crippen LogP contribution >= 0.6 is 0 Å². The average Bonchev–Trinajstić information content (AvgIpc) is 2.47.